The molecule has 2 aromatic carbocycles. The van der Waals surface area contributed by atoms with Gasteiger partial charge in [-0.3, -0.25) is 4.79 Å². The summed E-state index contributed by atoms with van der Waals surface area (Å²) >= 11 is 0. The van der Waals surface area contributed by atoms with E-state index in [-0.39, 0.29) is 5.91 Å². The number of carbonyl (C=O) groups is 1. The molecule has 0 N–H and O–H groups in total. The van der Waals surface area contributed by atoms with Crippen LogP contribution in [0, 0.1) is 0 Å². The maximum absolute atomic E-state index is 12.6. The Labute approximate surface area is 184 Å². The van der Waals surface area contributed by atoms with Gasteiger partial charge in [0, 0.05) is 18.7 Å². The molecule has 2 nitrogen and oxygen atoms in total. The van der Waals surface area contributed by atoms with E-state index in [0.717, 1.165) is 25.9 Å². The smallest absolute Gasteiger partial charge is 0.248 e. The zero-order valence-electron chi connectivity index (χ0n) is 19.3. The number of amides is 1. The molecule has 2 heteroatoms. The second-order valence-electron chi connectivity index (χ2n) is 8.64. The van der Waals surface area contributed by atoms with E-state index < -0.39 is 0 Å². The van der Waals surface area contributed by atoms with Gasteiger partial charge in [-0.25, -0.2) is 0 Å². The molecule has 0 radical (unpaired) electrons. The number of benzene rings is 2. The Hall–Kier alpha value is -2.09. The molecule has 2 rings (SSSR count). The first-order chi connectivity index (χ1) is 14.6. The van der Waals surface area contributed by atoms with Gasteiger partial charge >= 0.3 is 0 Å². The quantitative estimate of drug-likeness (QED) is 0.219. The summed E-state index contributed by atoms with van der Waals surface area (Å²) in [5.41, 5.74) is 1.95. The van der Waals surface area contributed by atoms with Crippen LogP contribution >= 0.6 is 0 Å². The molecule has 0 aliphatic heterocycles. The van der Waals surface area contributed by atoms with Crippen LogP contribution in [-0.4, -0.2) is 23.9 Å². The lowest BCUT2D eigenvalue weighted by atomic mass is 10.0. The highest BCUT2D eigenvalue weighted by Crippen LogP contribution is 2.19. The fourth-order valence-electron chi connectivity index (χ4n) is 4.14. The third kappa shape index (κ3) is 8.34. The summed E-state index contributed by atoms with van der Waals surface area (Å²) in [5.74, 6) is 0.103. The zero-order valence-corrected chi connectivity index (χ0v) is 19.3. The Bertz CT molecular complexity index is 774. The SMILES string of the molecule is C=C(C)C(=O)N(CCCCCCCCCCCC)CCc1cccc2ccccc12. The molecule has 0 aliphatic carbocycles. The molecule has 1 amide bonds. The van der Waals surface area contributed by atoms with Crippen molar-refractivity contribution in [2.45, 2.75) is 84.5 Å². The Morgan fingerprint density at radius 3 is 2.07 bits per heavy atom. The van der Waals surface area contributed by atoms with E-state index in [0.29, 0.717) is 5.57 Å². The van der Waals surface area contributed by atoms with Crippen LogP contribution in [0.15, 0.2) is 54.6 Å². The average Bonchev–Trinajstić information content (AvgIpc) is 2.76. The number of carbonyl (C=O) groups excluding carboxylic acids is 1. The van der Waals surface area contributed by atoms with E-state index in [2.05, 4.69) is 56.0 Å². The van der Waals surface area contributed by atoms with Crippen molar-refractivity contribution in [3.05, 3.63) is 60.2 Å². The monoisotopic (exact) mass is 407 g/mol. The van der Waals surface area contributed by atoms with Crippen LogP contribution in [-0.2, 0) is 11.2 Å². The molecule has 30 heavy (non-hydrogen) atoms. The summed E-state index contributed by atoms with van der Waals surface area (Å²) < 4.78 is 0. The van der Waals surface area contributed by atoms with Gasteiger partial charge in [0.15, 0.2) is 0 Å². The molecule has 0 bridgehead atoms. The predicted octanol–water partition coefficient (Wildman–Crippen LogP) is 7.71. The summed E-state index contributed by atoms with van der Waals surface area (Å²) in [6.45, 7) is 9.58. The van der Waals surface area contributed by atoms with Gasteiger partial charge in [0.2, 0.25) is 5.91 Å². The normalized spacial score (nSPS) is 11.0. The van der Waals surface area contributed by atoms with E-state index in [1.54, 1.807) is 0 Å². The number of hydrogen-bond acceptors (Lipinski definition) is 1. The van der Waals surface area contributed by atoms with E-state index in [9.17, 15) is 4.79 Å². The van der Waals surface area contributed by atoms with Crippen molar-refractivity contribution in [2.24, 2.45) is 0 Å². The minimum atomic E-state index is 0.103. The molecular weight excluding hydrogens is 366 g/mol. The summed E-state index contributed by atoms with van der Waals surface area (Å²) in [6.07, 6.45) is 14.0. The molecule has 0 spiro atoms. The first-order valence-electron chi connectivity index (χ1n) is 12.0. The van der Waals surface area contributed by atoms with E-state index >= 15 is 0 Å². The van der Waals surface area contributed by atoms with Crippen molar-refractivity contribution in [1.29, 1.82) is 0 Å². The lowest BCUT2D eigenvalue weighted by Gasteiger charge is -2.23. The molecule has 164 valence electrons. The molecule has 0 unspecified atom stereocenters. The highest BCUT2D eigenvalue weighted by Gasteiger charge is 2.14. The highest BCUT2D eigenvalue weighted by molar-refractivity contribution is 5.92. The molecule has 0 saturated heterocycles. The van der Waals surface area contributed by atoms with Crippen molar-refractivity contribution in [3.63, 3.8) is 0 Å². The van der Waals surface area contributed by atoms with Crippen molar-refractivity contribution in [1.82, 2.24) is 4.90 Å². The fourth-order valence-corrected chi connectivity index (χ4v) is 4.14. The van der Waals surface area contributed by atoms with Gasteiger partial charge in [-0.05, 0) is 36.1 Å². The van der Waals surface area contributed by atoms with Gasteiger partial charge in [0.25, 0.3) is 0 Å². The third-order valence-corrected chi connectivity index (χ3v) is 5.96. The topological polar surface area (TPSA) is 20.3 Å². The third-order valence-electron chi connectivity index (χ3n) is 5.96. The van der Waals surface area contributed by atoms with Crippen LogP contribution in [0.2, 0.25) is 0 Å². The molecule has 0 aromatic heterocycles. The standard InChI is InChI=1S/C28H41NO/c1-4-5-6-7-8-9-10-11-12-15-22-29(28(30)24(2)3)23-21-26-19-16-18-25-17-13-14-20-27(25)26/h13-14,16-20H,2,4-12,15,21-23H2,1,3H3. The average molecular weight is 408 g/mol. The first-order valence-corrected chi connectivity index (χ1v) is 12.0. The molecule has 0 atom stereocenters. The number of hydrogen-bond donors (Lipinski definition) is 0. The van der Waals surface area contributed by atoms with Gasteiger partial charge in [-0.15, -0.1) is 0 Å². The summed E-state index contributed by atoms with van der Waals surface area (Å²) in [6, 6.07) is 15.0. The van der Waals surface area contributed by atoms with Crippen LogP contribution < -0.4 is 0 Å². The molecule has 0 saturated carbocycles. The second-order valence-corrected chi connectivity index (χ2v) is 8.64. The van der Waals surface area contributed by atoms with Crippen LogP contribution in [0.25, 0.3) is 10.8 Å². The molecule has 0 heterocycles. The Morgan fingerprint density at radius 2 is 1.40 bits per heavy atom. The minimum Gasteiger partial charge on any atom is -0.339 e. The highest BCUT2D eigenvalue weighted by atomic mass is 16.2. The van der Waals surface area contributed by atoms with Crippen molar-refractivity contribution >= 4 is 16.7 Å². The number of unbranched alkanes of at least 4 members (excludes halogenated alkanes) is 9. The maximum atomic E-state index is 12.6. The number of rotatable bonds is 15. The van der Waals surface area contributed by atoms with E-state index in [4.69, 9.17) is 0 Å². The van der Waals surface area contributed by atoms with Crippen molar-refractivity contribution in [2.75, 3.05) is 13.1 Å². The second kappa shape index (κ2) is 14.0. The van der Waals surface area contributed by atoms with Crippen LogP contribution in [0.3, 0.4) is 0 Å². The predicted molar refractivity (Wildman–Crippen MR) is 131 cm³/mol. The molecular formula is C28H41NO. The largest absolute Gasteiger partial charge is 0.339 e. The fraction of sp³-hybridized carbons (Fsp3) is 0.536. The van der Waals surface area contributed by atoms with Crippen LogP contribution in [0.1, 0.15) is 83.6 Å². The van der Waals surface area contributed by atoms with E-state index in [1.807, 2.05) is 11.8 Å². The van der Waals surface area contributed by atoms with Crippen LogP contribution in [0.5, 0.6) is 0 Å². The van der Waals surface area contributed by atoms with Crippen LogP contribution in [0.4, 0.5) is 0 Å². The Kier molecular flexibility index (Phi) is 11.3. The minimum absolute atomic E-state index is 0.103. The van der Waals surface area contributed by atoms with Gasteiger partial charge in [0.05, 0.1) is 0 Å². The summed E-state index contributed by atoms with van der Waals surface area (Å²) in [4.78, 5) is 14.7. The Morgan fingerprint density at radius 1 is 0.800 bits per heavy atom. The van der Waals surface area contributed by atoms with Gasteiger partial charge in [-0.2, -0.15) is 0 Å². The zero-order chi connectivity index (χ0) is 21.6. The van der Waals surface area contributed by atoms with Gasteiger partial charge in [-0.1, -0.05) is 114 Å². The van der Waals surface area contributed by atoms with Gasteiger partial charge in [0.1, 0.15) is 0 Å². The maximum Gasteiger partial charge on any atom is 0.248 e. The lowest BCUT2D eigenvalue weighted by Crippen LogP contribution is -2.34. The van der Waals surface area contributed by atoms with E-state index in [1.165, 1.54) is 74.1 Å². The first kappa shape index (κ1) is 24.2. The molecule has 0 aliphatic rings. The summed E-state index contributed by atoms with van der Waals surface area (Å²) in [7, 11) is 0. The molecule has 0 fully saturated rings. The number of nitrogens with zero attached hydrogens (tertiary/aromatic N) is 1. The Balaban J connectivity index is 1.76. The summed E-state index contributed by atoms with van der Waals surface area (Å²) in [5, 5.41) is 2.56. The van der Waals surface area contributed by atoms with Crippen molar-refractivity contribution < 1.29 is 4.79 Å². The molecule has 2 aromatic rings. The van der Waals surface area contributed by atoms with Gasteiger partial charge < -0.3 is 4.90 Å². The number of fused-ring (bicyclic) bond motifs is 1. The van der Waals surface area contributed by atoms with Crippen molar-refractivity contribution in [3.8, 4) is 0 Å². The lowest BCUT2D eigenvalue weighted by molar-refractivity contribution is -0.127.